The summed E-state index contributed by atoms with van der Waals surface area (Å²) in [5, 5.41) is 32.5. The molecular formula is C4H10KNNiO6. The number of carboxylic acids is 2. The Bertz CT molecular complexity index is 149. The van der Waals surface area contributed by atoms with E-state index in [9.17, 15) is 9.59 Å². The van der Waals surface area contributed by atoms with Crippen molar-refractivity contribution in [3.8, 4) is 0 Å². The van der Waals surface area contributed by atoms with Crippen LogP contribution in [-0.4, -0.2) is 96.0 Å². The van der Waals surface area contributed by atoms with Crippen LogP contribution in [0.25, 0.3) is 0 Å². The molecule has 0 rings (SSSR count). The normalized spacial score (nSPS) is 12.2. The van der Waals surface area contributed by atoms with Crippen LogP contribution in [-0.2, 0) is 26.1 Å². The molecule has 0 fully saturated rings. The van der Waals surface area contributed by atoms with E-state index < -0.39 is 24.1 Å². The average Bonchev–Trinajstić information content (AvgIpc) is 1.84. The number of aliphatic hydroxyl groups excluding tert-OH is 2. The largest absolute Gasteiger partial charge is 0 e. The summed E-state index contributed by atoms with van der Waals surface area (Å²) in [6, 6.07) is 0. The minimum absolute atomic E-state index is 0. The Morgan fingerprint density at radius 3 is 1.15 bits per heavy atom. The third-order valence-corrected chi connectivity index (χ3v) is 0.805. The van der Waals surface area contributed by atoms with Gasteiger partial charge in [-0.2, -0.15) is 0 Å². The SMILES string of the molecule is N.O=C(O)C(O)C(O)C(=O)O.[KH].[Ni]. The van der Waals surface area contributed by atoms with E-state index >= 15 is 0 Å². The summed E-state index contributed by atoms with van der Waals surface area (Å²) in [6.07, 6.45) is -4.53. The molecule has 9 heteroatoms. The first kappa shape index (κ1) is 23.6. The molecule has 0 saturated carbocycles. The molecule has 0 aliphatic carbocycles. The molecule has 0 saturated heterocycles. The number of aliphatic hydroxyl groups is 2. The fraction of sp³-hybridized carbons (Fsp3) is 0.500. The van der Waals surface area contributed by atoms with Crippen LogP contribution in [0, 0.1) is 0 Å². The Morgan fingerprint density at radius 1 is 0.923 bits per heavy atom. The zero-order valence-corrected chi connectivity index (χ0v) is 6.77. The molecule has 0 heterocycles. The first-order valence-electron chi connectivity index (χ1n) is 2.28. The van der Waals surface area contributed by atoms with Gasteiger partial charge >= 0.3 is 63.3 Å². The molecular weight excluding hydrogens is 256 g/mol. The third kappa shape index (κ3) is 9.26. The van der Waals surface area contributed by atoms with Crippen LogP contribution in [0.5, 0.6) is 0 Å². The van der Waals surface area contributed by atoms with E-state index in [-0.39, 0.29) is 74.0 Å². The molecule has 0 aliphatic heterocycles. The molecule has 7 N–H and O–H groups in total. The van der Waals surface area contributed by atoms with Crippen molar-refractivity contribution < 1.29 is 46.5 Å². The van der Waals surface area contributed by atoms with Gasteiger partial charge in [0.1, 0.15) is 0 Å². The Hall–Kier alpha value is 0.950. The second-order valence-electron chi connectivity index (χ2n) is 1.57. The Kier molecular flexibility index (Phi) is 20.0. The summed E-state index contributed by atoms with van der Waals surface area (Å²) >= 11 is 0. The average molecular weight is 266 g/mol. The van der Waals surface area contributed by atoms with E-state index in [1.165, 1.54) is 0 Å². The monoisotopic (exact) mass is 265 g/mol. The molecule has 0 amide bonds. The van der Waals surface area contributed by atoms with Crippen molar-refractivity contribution >= 4 is 63.3 Å². The van der Waals surface area contributed by atoms with Gasteiger partial charge in [-0.1, -0.05) is 0 Å². The van der Waals surface area contributed by atoms with Crippen LogP contribution in [0.15, 0.2) is 0 Å². The molecule has 7 nitrogen and oxygen atoms in total. The predicted octanol–water partition coefficient (Wildman–Crippen LogP) is -2.61. The summed E-state index contributed by atoms with van der Waals surface area (Å²) in [5.41, 5.74) is 0. The maximum atomic E-state index is 9.77. The number of carbonyl (C=O) groups is 2. The number of rotatable bonds is 3. The van der Waals surface area contributed by atoms with Crippen molar-refractivity contribution in [2.45, 2.75) is 12.2 Å². The minimum Gasteiger partial charge on any atom is 0 e. The van der Waals surface area contributed by atoms with Gasteiger partial charge in [0.2, 0.25) is 0 Å². The van der Waals surface area contributed by atoms with Crippen LogP contribution in [0.3, 0.4) is 0 Å². The van der Waals surface area contributed by atoms with E-state index in [2.05, 4.69) is 0 Å². The molecule has 0 aliphatic rings. The van der Waals surface area contributed by atoms with Gasteiger partial charge in [0.05, 0.1) is 0 Å². The minimum atomic E-state index is -2.27. The van der Waals surface area contributed by atoms with Gasteiger partial charge < -0.3 is 26.6 Å². The van der Waals surface area contributed by atoms with Gasteiger partial charge in [0.25, 0.3) is 0 Å². The van der Waals surface area contributed by atoms with Crippen molar-refractivity contribution in [2.24, 2.45) is 0 Å². The first-order valence-corrected chi connectivity index (χ1v) is 2.28. The summed E-state index contributed by atoms with van der Waals surface area (Å²) in [4.78, 5) is 19.5. The van der Waals surface area contributed by atoms with Crippen LogP contribution in [0.1, 0.15) is 0 Å². The molecule has 0 radical (unpaired) electrons. The fourth-order valence-corrected chi connectivity index (χ4v) is 0.270. The van der Waals surface area contributed by atoms with Gasteiger partial charge in [0.15, 0.2) is 12.2 Å². The van der Waals surface area contributed by atoms with Crippen molar-refractivity contribution in [3.63, 3.8) is 0 Å². The zero-order valence-electron chi connectivity index (χ0n) is 5.78. The molecule has 0 bridgehead atoms. The number of aliphatic carboxylic acids is 2. The van der Waals surface area contributed by atoms with Crippen LogP contribution < -0.4 is 6.15 Å². The Labute approximate surface area is 126 Å². The quantitative estimate of drug-likeness (QED) is 0.351. The molecule has 13 heavy (non-hydrogen) atoms. The summed E-state index contributed by atoms with van der Waals surface area (Å²) in [6.45, 7) is 0. The maximum absolute atomic E-state index is 9.77. The maximum Gasteiger partial charge on any atom is 0 e. The second-order valence-corrected chi connectivity index (χ2v) is 1.57. The van der Waals surface area contributed by atoms with Gasteiger partial charge in [-0.3, -0.25) is 0 Å². The predicted molar refractivity (Wildman–Crippen MR) is 39.5 cm³/mol. The smallest absolute Gasteiger partial charge is 0 e. The fourth-order valence-electron chi connectivity index (χ4n) is 0.270. The van der Waals surface area contributed by atoms with E-state index in [0.717, 1.165) is 0 Å². The topological polar surface area (TPSA) is 150 Å². The standard InChI is InChI=1S/C4H6O6.K.H3N.Ni.H/c5-1(3(7)8)2(6)4(9)10;;;;/h1-2,5-6H,(H,7,8)(H,9,10);;1H3;;. The summed E-state index contributed by atoms with van der Waals surface area (Å²) in [5.74, 6) is -3.54. The molecule has 0 aromatic heterocycles. The van der Waals surface area contributed by atoms with Gasteiger partial charge in [-0.25, -0.2) is 9.59 Å². The second kappa shape index (κ2) is 11.0. The summed E-state index contributed by atoms with van der Waals surface area (Å²) < 4.78 is 0. The van der Waals surface area contributed by atoms with E-state index in [1.807, 2.05) is 0 Å². The molecule has 2 atom stereocenters. The van der Waals surface area contributed by atoms with Crippen molar-refractivity contribution in [3.05, 3.63) is 0 Å². The molecule has 78 valence electrons. The number of hydrogen-bond acceptors (Lipinski definition) is 5. The van der Waals surface area contributed by atoms with E-state index in [4.69, 9.17) is 20.4 Å². The van der Waals surface area contributed by atoms with Gasteiger partial charge in [0, 0.05) is 16.5 Å². The van der Waals surface area contributed by atoms with Crippen LogP contribution in [0.2, 0.25) is 0 Å². The molecule has 0 spiro atoms. The van der Waals surface area contributed by atoms with Gasteiger partial charge in [-0.15, -0.1) is 0 Å². The molecule has 2 unspecified atom stereocenters. The zero-order chi connectivity index (χ0) is 8.31. The van der Waals surface area contributed by atoms with E-state index in [1.54, 1.807) is 0 Å². The molecule has 0 aromatic carbocycles. The van der Waals surface area contributed by atoms with Crippen molar-refractivity contribution in [1.82, 2.24) is 6.15 Å². The number of carboxylic acid groups (broad SMARTS) is 2. The molecule has 0 aromatic rings. The van der Waals surface area contributed by atoms with Crippen LogP contribution in [0.4, 0.5) is 0 Å². The third-order valence-electron chi connectivity index (χ3n) is 0.805. The van der Waals surface area contributed by atoms with Gasteiger partial charge in [-0.05, 0) is 0 Å². The Morgan fingerprint density at radius 2 is 1.08 bits per heavy atom. The first-order chi connectivity index (χ1) is 4.46. The summed E-state index contributed by atoms with van der Waals surface area (Å²) in [7, 11) is 0. The Balaban J connectivity index is -0.000000135. The number of hydrogen-bond donors (Lipinski definition) is 5. The van der Waals surface area contributed by atoms with E-state index in [0.29, 0.717) is 0 Å². The van der Waals surface area contributed by atoms with Crippen molar-refractivity contribution in [2.75, 3.05) is 0 Å². The van der Waals surface area contributed by atoms with Crippen molar-refractivity contribution in [1.29, 1.82) is 0 Å². The van der Waals surface area contributed by atoms with Crippen LogP contribution >= 0.6 is 0 Å².